The van der Waals surface area contributed by atoms with Crippen LogP contribution in [0.2, 0.25) is 17.7 Å². The Bertz CT molecular complexity index is 141. The van der Waals surface area contributed by atoms with E-state index in [0.29, 0.717) is 0 Å². The molecule has 0 aliphatic heterocycles. The molecule has 0 saturated carbocycles. The van der Waals surface area contributed by atoms with Gasteiger partial charge < -0.3 is 0 Å². The first-order chi connectivity index (χ1) is 7.74. The second-order valence-corrected chi connectivity index (χ2v) is 19.3. The van der Waals surface area contributed by atoms with Gasteiger partial charge in [-0.2, -0.15) is 0 Å². The van der Waals surface area contributed by atoms with Crippen molar-refractivity contribution in [3.05, 3.63) is 12.7 Å². The van der Waals surface area contributed by atoms with E-state index in [4.69, 9.17) is 6.58 Å². The summed E-state index contributed by atoms with van der Waals surface area (Å²) in [7, 11) is 0. The van der Waals surface area contributed by atoms with Crippen LogP contribution in [-0.2, 0) is 0 Å². The zero-order chi connectivity index (χ0) is 12.3. The van der Waals surface area contributed by atoms with Crippen LogP contribution in [0.1, 0.15) is 59.3 Å². The molecule has 0 aromatic rings. The minimum atomic E-state index is -1.84. The predicted molar refractivity (Wildman–Crippen MR) is 78.6 cm³/mol. The van der Waals surface area contributed by atoms with E-state index < -0.39 is 18.4 Å². The molecule has 0 rings (SSSR count). The zero-order valence-corrected chi connectivity index (χ0v) is 14.6. The van der Waals surface area contributed by atoms with Gasteiger partial charge in [-0.3, -0.25) is 0 Å². The number of unbranched alkanes of at least 4 members (excludes halogenated alkanes) is 3. The Labute approximate surface area is 108 Å². The van der Waals surface area contributed by atoms with Gasteiger partial charge in [0.05, 0.1) is 0 Å². The van der Waals surface area contributed by atoms with Crippen LogP contribution >= 0.6 is 0 Å². The van der Waals surface area contributed by atoms with E-state index in [2.05, 4.69) is 20.8 Å². The number of rotatable bonds is 11. The van der Waals surface area contributed by atoms with E-state index in [1.165, 1.54) is 43.0 Å². The second-order valence-electron chi connectivity index (χ2n) is 5.25. The Morgan fingerprint density at radius 1 is 0.812 bits per heavy atom. The van der Waals surface area contributed by atoms with Crippen molar-refractivity contribution >= 4 is 18.4 Å². The van der Waals surface area contributed by atoms with E-state index in [1.807, 2.05) is 6.08 Å². The van der Waals surface area contributed by atoms with Gasteiger partial charge in [0, 0.05) is 0 Å². The summed E-state index contributed by atoms with van der Waals surface area (Å²) < 4.78 is 6.07. The third-order valence-electron chi connectivity index (χ3n) is 3.73. The van der Waals surface area contributed by atoms with Crippen LogP contribution in [0.5, 0.6) is 0 Å². The van der Waals surface area contributed by atoms with Crippen LogP contribution in [0.15, 0.2) is 6.08 Å². The van der Waals surface area contributed by atoms with Gasteiger partial charge in [-0.25, -0.2) is 0 Å². The fourth-order valence-electron chi connectivity index (χ4n) is 2.59. The maximum atomic E-state index is 5.76. The summed E-state index contributed by atoms with van der Waals surface area (Å²) in [6.07, 6.45) is 10.5. The first-order valence-electron chi connectivity index (χ1n) is 7.28. The van der Waals surface area contributed by atoms with Crippen LogP contribution in [-0.4, -0.2) is 18.4 Å². The molecule has 0 fully saturated rings. The quantitative estimate of drug-likeness (QED) is 0.330. The molecule has 1 heteroatoms. The van der Waals surface area contributed by atoms with Crippen LogP contribution in [0.3, 0.4) is 0 Å². The summed E-state index contributed by atoms with van der Waals surface area (Å²) in [6.45, 7) is 12.7. The normalized spacial score (nSPS) is 11.6. The molecule has 0 aromatic carbocycles. The van der Waals surface area contributed by atoms with Gasteiger partial charge in [-0.1, -0.05) is 0 Å². The summed E-state index contributed by atoms with van der Waals surface area (Å²) in [4.78, 5) is 0. The topological polar surface area (TPSA) is 0 Å². The van der Waals surface area contributed by atoms with E-state index >= 15 is 0 Å². The molecule has 0 radical (unpaired) electrons. The summed E-state index contributed by atoms with van der Waals surface area (Å²) in [5.74, 6) is 0. The SMILES string of the molecule is [CH+]=C[CH2][Sn]([CH2]CCC)([CH2]CCC)[CH2]CCC. The maximum absolute atomic E-state index is 5.76. The van der Waals surface area contributed by atoms with Crippen LogP contribution in [0, 0.1) is 6.58 Å². The molecular weight excluding hydrogens is 299 g/mol. The molecule has 0 unspecified atom stereocenters. The van der Waals surface area contributed by atoms with Crippen molar-refractivity contribution < 1.29 is 0 Å². The molecule has 0 bridgehead atoms. The van der Waals surface area contributed by atoms with Crippen LogP contribution in [0.25, 0.3) is 0 Å². The van der Waals surface area contributed by atoms with Crippen molar-refractivity contribution in [2.24, 2.45) is 0 Å². The van der Waals surface area contributed by atoms with Gasteiger partial charge in [-0.15, -0.1) is 0 Å². The van der Waals surface area contributed by atoms with E-state index in [9.17, 15) is 0 Å². The number of hydrogen-bond donors (Lipinski definition) is 0. The number of allylic oxidation sites excluding steroid dienone is 1. The minimum absolute atomic E-state index is 1.33. The average molecular weight is 330 g/mol. The van der Waals surface area contributed by atoms with Crippen molar-refractivity contribution in [2.75, 3.05) is 0 Å². The fourth-order valence-corrected chi connectivity index (χ4v) is 17.4. The van der Waals surface area contributed by atoms with Crippen molar-refractivity contribution in [1.82, 2.24) is 0 Å². The van der Waals surface area contributed by atoms with E-state index in [1.54, 1.807) is 13.3 Å². The van der Waals surface area contributed by atoms with Gasteiger partial charge in [0.2, 0.25) is 0 Å². The van der Waals surface area contributed by atoms with Gasteiger partial charge in [0.1, 0.15) is 0 Å². The monoisotopic (exact) mass is 331 g/mol. The Balaban J connectivity index is 4.37. The summed E-state index contributed by atoms with van der Waals surface area (Å²) >= 11 is -1.84. The van der Waals surface area contributed by atoms with Crippen molar-refractivity contribution in [2.45, 2.75) is 77.0 Å². The standard InChI is InChI=1S/3C4H9.C3H4.Sn/c3*1-3-4-2;1-3-2;/h3*1,3-4H2,2H3;1,3H,2H2;/q;;;+1;. The summed E-state index contributed by atoms with van der Waals surface area (Å²) in [6, 6.07) is 0. The van der Waals surface area contributed by atoms with E-state index in [-0.39, 0.29) is 0 Å². The Morgan fingerprint density at radius 3 is 1.44 bits per heavy atom. The van der Waals surface area contributed by atoms with Gasteiger partial charge in [0.15, 0.2) is 0 Å². The molecule has 94 valence electrons. The molecule has 0 aliphatic rings. The first-order valence-corrected chi connectivity index (χ1v) is 15.3. The van der Waals surface area contributed by atoms with E-state index in [0.717, 1.165) is 0 Å². The molecule has 16 heavy (non-hydrogen) atoms. The molecule has 0 amide bonds. The van der Waals surface area contributed by atoms with Crippen LogP contribution < -0.4 is 0 Å². The molecule has 0 heterocycles. The molecule has 0 aliphatic carbocycles. The summed E-state index contributed by atoms with van der Waals surface area (Å²) in [5.41, 5.74) is 0. The van der Waals surface area contributed by atoms with Crippen LogP contribution in [0.4, 0.5) is 0 Å². The molecule has 0 nitrogen and oxygen atoms in total. The molecule has 0 spiro atoms. The second kappa shape index (κ2) is 10.6. The molecule has 0 N–H and O–H groups in total. The van der Waals surface area contributed by atoms with Gasteiger partial charge in [-0.05, 0) is 0 Å². The predicted octanol–water partition coefficient (Wildman–Crippen LogP) is 5.82. The van der Waals surface area contributed by atoms with Crippen molar-refractivity contribution in [1.29, 1.82) is 0 Å². The fraction of sp³-hybridized carbons (Fsp3) is 0.867. The average Bonchev–Trinajstić information content (AvgIpc) is 2.31. The van der Waals surface area contributed by atoms with Crippen molar-refractivity contribution in [3.8, 4) is 0 Å². The third-order valence-corrected chi connectivity index (χ3v) is 19.0. The Morgan fingerprint density at radius 2 is 1.19 bits per heavy atom. The molecule has 0 saturated heterocycles. The van der Waals surface area contributed by atoms with Crippen molar-refractivity contribution in [3.63, 3.8) is 0 Å². The number of hydrogen-bond acceptors (Lipinski definition) is 0. The third kappa shape index (κ3) is 6.91. The summed E-state index contributed by atoms with van der Waals surface area (Å²) in [5, 5.41) is 0. The molecule has 0 atom stereocenters. The Hall–Kier alpha value is 0.449. The zero-order valence-electron chi connectivity index (χ0n) is 11.7. The molecule has 0 aromatic heterocycles. The Kier molecular flexibility index (Phi) is 10.9. The van der Waals surface area contributed by atoms with Gasteiger partial charge in [0.25, 0.3) is 0 Å². The van der Waals surface area contributed by atoms with Gasteiger partial charge >= 0.3 is 108 Å². The molecular formula is C15H31Sn+. The first kappa shape index (κ1) is 16.4.